The molecule has 5 rings (SSSR count). The van der Waals surface area contributed by atoms with Crippen molar-refractivity contribution in [2.45, 2.75) is 11.9 Å². The molecule has 2 aromatic heterocycles. The number of aromatic nitrogens is 2. The number of thiazole rings is 1. The Balaban J connectivity index is 1.42. The number of pyridine rings is 1. The summed E-state index contributed by atoms with van der Waals surface area (Å²) in [5.74, 6) is 0.599. The Hall–Kier alpha value is -4.45. The summed E-state index contributed by atoms with van der Waals surface area (Å²) in [5.41, 5.74) is 6.66. The number of nitriles is 1. The highest BCUT2D eigenvalue weighted by molar-refractivity contribution is 8.00. The van der Waals surface area contributed by atoms with Gasteiger partial charge < -0.3 is 10.1 Å². The summed E-state index contributed by atoms with van der Waals surface area (Å²) in [6.07, 6.45) is 0. The Labute approximate surface area is 235 Å². The van der Waals surface area contributed by atoms with Crippen molar-refractivity contribution in [3.8, 4) is 45.5 Å². The molecule has 6 nitrogen and oxygen atoms in total. The van der Waals surface area contributed by atoms with Gasteiger partial charge in [0.15, 0.2) is 5.13 Å². The standard InChI is InChI=1S/C31H24N4O2S2/c1-20-8-10-23(11-9-20)27-16-25(21-12-14-24(37-2)15-13-21)26(17-32)30(33-27)38-19-29(36)35-31-34-28(18-39-31)22-6-4-3-5-7-22/h3-16,18H,19H2,1-2H3,(H,34,35,36). The number of nitrogens with zero attached hydrogens (tertiary/aromatic N) is 3. The first-order chi connectivity index (χ1) is 19.0. The van der Waals surface area contributed by atoms with Crippen molar-refractivity contribution >= 4 is 34.1 Å². The highest BCUT2D eigenvalue weighted by Crippen LogP contribution is 2.35. The van der Waals surface area contributed by atoms with Crippen LogP contribution in [0.1, 0.15) is 11.1 Å². The molecule has 0 aliphatic rings. The van der Waals surface area contributed by atoms with Crippen LogP contribution in [0.5, 0.6) is 5.75 Å². The van der Waals surface area contributed by atoms with Gasteiger partial charge in [-0.15, -0.1) is 11.3 Å². The van der Waals surface area contributed by atoms with Crippen LogP contribution in [0.2, 0.25) is 0 Å². The van der Waals surface area contributed by atoms with Gasteiger partial charge >= 0.3 is 0 Å². The fraction of sp³-hybridized carbons (Fsp3) is 0.0968. The average molecular weight is 549 g/mol. The van der Waals surface area contributed by atoms with Crippen LogP contribution in [0, 0.1) is 18.3 Å². The van der Waals surface area contributed by atoms with Crippen molar-refractivity contribution in [2.75, 3.05) is 18.2 Å². The first kappa shape index (κ1) is 26.2. The van der Waals surface area contributed by atoms with Gasteiger partial charge in [0.2, 0.25) is 5.91 Å². The highest BCUT2D eigenvalue weighted by atomic mass is 32.2. The Morgan fingerprint density at radius 1 is 0.949 bits per heavy atom. The fourth-order valence-electron chi connectivity index (χ4n) is 3.97. The van der Waals surface area contributed by atoms with Gasteiger partial charge in [-0.25, -0.2) is 9.97 Å². The lowest BCUT2D eigenvalue weighted by atomic mass is 9.99. The van der Waals surface area contributed by atoms with E-state index in [0.717, 1.165) is 45.0 Å². The predicted octanol–water partition coefficient (Wildman–Crippen LogP) is 7.46. The lowest BCUT2D eigenvalue weighted by Gasteiger charge is -2.13. The van der Waals surface area contributed by atoms with Crippen LogP contribution in [0.25, 0.3) is 33.6 Å². The molecule has 192 valence electrons. The molecule has 5 aromatic rings. The highest BCUT2D eigenvalue weighted by Gasteiger charge is 2.18. The number of hydrogen-bond donors (Lipinski definition) is 1. The number of hydrogen-bond acceptors (Lipinski definition) is 7. The molecule has 0 unspecified atom stereocenters. The van der Waals surface area contributed by atoms with E-state index in [9.17, 15) is 10.1 Å². The molecule has 0 radical (unpaired) electrons. The topological polar surface area (TPSA) is 87.9 Å². The van der Waals surface area contributed by atoms with E-state index >= 15 is 0 Å². The molecule has 8 heteroatoms. The van der Waals surface area contributed by atoms with E-state index in [-0.39, 0.29) is 11.7 Å². The zero-order chi connectivity index (χ0) is 27.2. The maximum Gasteiger partial charge on any atom is 0.236 e. The van der Waals surface area contributed by atoms with Crippen LogP contribution in [0.3, 0.4) is 0 Å². The molecule has 0 fully saturated rings. The van der Waals surface area contributed by atoms with E-state index < -0.39 is 0 Å². The number of aryl methyl sites for hydroxylation is 1. The van der Waals surface area contributed by atoms with Gasteiger partial charge in [-0.05, 0) is 30.7 Å². The van der Waals surface area contributed by atoms with Gasteiger partial charge in [0, 0.05) is 22.1 Å². The number of thioether (sulfide) groups is 1. The molecule has 0 atom stereocenters. The van der Waals surface area contributed by atoms with Gasteiger partial charge in [0.05, 0.1) is 29.8 Å². The maximum absolute atomic E-state index is 12.9. The number of methoxy groups -OCH3 is 1. The van der Waals surface area contributed by atoms with Gasteiger partial charge in [-0.2, -0.15) is 5.26 Å². The summed E-state index contributed by atoms with van der Waals surface area (Å²) in [7, 11) is 1.62. The summed E-state index contributed by atoms with van der Waals surface area (Å²) in [4.78, 5) is 22.2. The number of carbonyl (C=O) groups is 1. The molecule has 2 heterocycles. The Kier molecular flexibility index (Phi) is 8.02. The van der Waals surface area contributed by atoms with Gasteiger partial charge in [0.1, 0.15) is 16.8 Å². The minimum Gasteiger partial charge on any atom is -0.497 e. The van der Waals surface area contributed by atoms with E-state index in [0.29, 0.717) is 15.7 Å². The van der Waals surface area contributed by atoms with E-state index in [1.807, 2.05) is 97.2 Å². The Morgan fingerprint density at radius 2 is 1.64 bits per heavy atom. The van der Waals surface area contributed by atoms with Crippen LogP contribution >= 0.6 is 23.1 Å². The fourth-order valence-corrected chi connectivity index (χ4v) is 5.51. The third kappa shape index (κ3) is 6.17. The van der Waals surface area contributed by atoms with Crippen LogP contribution < -0.4 is 10.1 Å². The molecule has 1 amide bonds. The smallest absolute Gasteiger partial charge is 0.236 e. The maximum atomic E-state index is 12.9. The second kappa shape index (κ2) is 11.9. The summed E-state index contributed by atoms with van der Waals surface area (Å²) in [5, 5.41) is 16.0. The lowest BCUT2D eigenvalue weighted by molar-refractivity contribution is -0.113. The number of rotatable bonds is 8. The predicted molar refractivity (Wildman–Crippen MR) is 158 cm³/mol. The largest absolute Gasteiger partial charge is 0.497 e. The number of ether oxygens (including phenoxy) is 1. The monoisotopic (exact) mass is 548 g/mol. The van der Waals surface area contributed by atoms with Crippen molar-refractivity contribution in [1.29, 1.82) is 5.26 Å². The molecule has 0 aliphatic carbocycles. The molecule has 0 saturated heterocycles. The lowest BCUT2D eigenvalue weighted by Crippen LogP contribution is -2.14. The van der Waals surface area contributed by atoms with Crippen molar-refractivity contribution in [2.24, 2.45) is 0 Å². The van der Waals surface area contributed by atoms with Crippen LogP contribution in [0.15, 0.2) is 95.3 Å². The first-order valence-corrected chi connectivity index (χ1v) is 14.0. The second-order valence-corrected chi connectivity index (χ2v) is 10.5. The van der Waals surface area contributed by atoms with Gasteiger partial charge in [0.25, 0.3) is 0 Å². The van der Waals surface area contributed by atoms with Gasteiger partial charge in [-0.3, -0.25) is 4.79 Å². The molecule has 0 aliphatic heterocycles. The Morgan fingerprint density at radius 3 is 2.33 bits per heavy atom. The molecule has 1 N–H and O–H groups in total. The summed E-state index contributed by atoms with van der Waals surface area (Å²) < 4.78 is 5.30. The van der Waals surface area contributed by atoms with E-state index in [1.165, 1.54) is 23.1 Å². The minimum atomic E-state index is -0.216. The van der Waals surface area contributed by atoms with Crippen molar-refractivity contribution < 1.29 is 9.53 Å². The van der Waals surface area contributed by atoms with Crippen molar-refractivity contribution in [3.05, 3.63) is 101 Å². The van der Waals surface area contributed by atoms with Crippen molar-refractivity contribution in [3.63, 3.8) is 0 Å². The third-order valence-corrected chi connectivity index (χ3v) is 7.74. The molecule has 0 bridgehead atoms. The summed E-state index contributed by atoms with van der Waals surface area (Å²) in [6.45, 7) is 2.03. The number of anilines is 1. The zero-order valence-electron chi connectivity index (χ0n) is 21.3. The normalized spacial score (nSPS) is 10.6. The Bertz CT molecular complexity index is 1640. The second-order valence-electron chi connectivity index (χ2n) is 8.68. The molecular formula is C31H24N4O2S2. The zero-order valence-corrected chi connectivity index (χ0v) is 23.0. The SMILES string of the molecule is COc1ccc(-c2cc(-c3ccc(C)cc3)nc(SCC(=O)Nc3nc(-c4ccccc4)cs3)c2C#N)cc1. The number of carbonyl (C=O) groups excluding carboxylic acids is 1. The van der Waals surface area contributed by atoms with Crippen molar-refractivity contribution in [1.82, 2.24) is 9.97 Å². The molecule has 0 spiro atoms. The third-order valence-electron chi connectivity index (χ3n) is 6.01. The van der Waals surface area contributed by atoms with E-state index in [1.54, 1.807) is 7.11 Å². The first-order valence-electron chi connectivity index (χ1n) is 12.1. The summed E-state index contributed by atoms with van der Waals surface area (Å²) in [6, 6.07) is 29.7. The van der Waals surface area contributed by atoms with Gasteiger partial charge in [-0.1, -0.05) is 84.1 Å². The molecule has 0 saturated carbocycles. The molecule has 39 heavy (non-hydrogen) atoms. The molecule has 3 aromatic carbocycles. The van der Waals surface area contributed by atoms with Crippen LogP contribution in [-0.2, 0) is 4.79 Å². The number of amides is 1. The van der Waals surface area contributed by atoms with Crippen LogP contribution in [0.4, 0.5) is 5.13 Å². The van der Waals surface area contributed by atoms with E-state index in [2.05, 4.69) is 16.4 Å². The number of benzene rings is 3. The number of nitrogens with one attached hydrogen (secondary N) is 1. The van der Waals surface area contributed by atoms with Crippen LogP contribution in [-0.4, -0.2) is 28.7 Å². The van der Waals surface area contributed by atoms with E-state index in [4.69, 9.17) is 9.72 Å². The molecular weight excluding hydrogens is 525 g/mol. The average Bonchev–Trinajstić information content (AvgIpc) is 3.45. The minimum absolute atomic E-state index is 0.0847. The summed E-state index contributed by atoms with van der Waals surface area (Å²) >= 11 is 2.61. The quantitative estimate of drug-likeness (QED) is 0.203.